The Balaban J connectivity index is 1.08. The lowest BCUT2D eigenvalue weighted by molar-refractivity contribution is -0.137. The van der Waals surface area contributed by atoms with Crippen LogP contribution < -0.4 is 10.2 Å². The molecule has 0 bridgehead atoms. The van der Waals surface area contributed by atoms with Crippen molar-refractivity contribution in [2.75, 3.05) is 50.5 Å². The number of pyridine rings is 1. The van der Waals surface area contributed by atoms with Crippen molar-refractivity contribution in [3.63, 3.8) is 0 Å². The number of nitrogens with zero attached hydrogens (tertiary/aromatic N) is 7. The van der Waals surface area contributed by atoms with Crippen molar-refractivity contribution in [3.8, 4) is 0 Å². The second-order valence-electron chi connectivity index (χ2n) is 11.8. The van der Waals surface area contributed by atoms with Gasteiger partial charge in [-0.15, -0.1) is 0 Å². The highest BCUT2D eigenvalue weighted by molar-refractivity contribution is 5.98. The number of halogens is 3. The molecule has 1 aliphatic heterocycles. The van der Waals surface area contributed by atoms with Gasteiger partial charge in [0.25, 0.3) is 5.91 Å². The van der Waals surface area contributed by atoms with Crippen LogP contribution in [0.3, 0.4) is 0 Å². The highest BCUT2D eigenvalue weighted by Gasteiger charge is 2.30. The van der Waals surface area contributed by atoms with Crippen LogP contribution in [0.15, 0.2) is 60.9 Å². The van der Waals surface area contributed by atoms with Crippen molar-refractivity contribution in [2.24, 2.45) is 0 Å². The molecular weight excluding hydrogens is 597 g/mol. The highest BCUT2D eigenvalue weighted by Crippen LogP contribution is 2.35. The predicted molar refractivity (Wildman–Crippen MR) is 170 cm³/mol. The number of alkyl halides is 3. The van der Waals surface area contributed by atoms with Crippen LogP contribution in [0.1, 0.15) is 53.3 Å². The van der Waals surface area contributed by atoms with E-state index in [0.717, 1.165) is 54.5 Å². The van der Waals surface area contributed by atoms with E-state index in [4.69, 9.17) is 4.98 Å². The standard InChI is InChI=1S/C33H35F3N8O2/c1-41(2)31(46)27-19-23-20-38-32(40-30(23)44(27)25-8-3-4-9-25)39-28-12-11-26(21-37-28)42-14-16-43(17-15-42)29(45)13-10-22-6-5-7-24(18-22)33(34,35)36/h5-7,10-13,18-21,25H,3-4,8-9,14-17H2,1-2H3,(H,37,38,39,40)/b13-10+. The fraction of sp³-hybridized carbons (Fsp3) is 0.364. The van der Waals surface area contributed by atoms with Crippen molar-refractivity contribution in [1.29, 1.82) is 0 Å². The fourth-order valence-electron chi connectivity index (χ4n) is 6.03. The molecule has 0 atom stereocenters. The first-order valence-electron chi connectivity index (χ1n) is 15.3. The Morgan fingerprint density at radius 2 is 1.74 bits per heavy atom. The Labute approximate surface area is 264 Å². The van der Waals surface area contributed by atoms with Gasteiger partial charge in [-0.05, 0) is 54.8 Å². The summed E-state index contributed by atoms with van der Waals surface area (Å²) in [6.07, 6.45) is 6.03. The zero-order valence-corrected chi connectivity index (χ0v) is 25.7. The van der Waals surface area contributed by atoms with Gasteiger partial charge in [0.15, 0.2) is 0 Å². The third-order valence-corrected chi connectivity index (χ3v) is 8.47. The van der Waals surface area contributed by atoms with Crippen LogP contribution in [-0.2, 0) is 11.0 Å². The lowest BCUT2D eigenvalue weighted by Crippen LogP contribution is -2.48. The Bertz CT molecular complexity index is 1750. The quantitative estimate of drug-likeness (QED) is 0.259. The predicted octanol–water partition coefficient (Wildman–Crippen LogP) is 5.77. The Kier molecular flexibility index (Phi) is 8.65. The second kappa shape index (κ2) is 12.8. The number of fused-ring (bicyclic) bond motifs is 1. The summed E-state index contributed by atoms with van der Waals surface area (Å²) in [4.78, 5) is 44.9. The molecule has 2 amide bonds. The summed E-state index contributed by atoms with van der Waals surface area (Å²) in [6.45, 7) is 2.12. The number of anilines is 3. The smallest absolute Gasteiger partial charge is 0.367 e. The molecule has 13 heteroatoms. The molecule has 4 aromatic rings. The van der Waals surface area contributed by atoms with Gasteiger partial charge in [0.2, 0.25) is 11.9 Å². The fourth-order valence-corrected chi connectivity index (χ4v) is 6.03. The van der Waals surface area contributed by atoms with Gasteiger partial charge in [0.1, 0.15) is 17.2 Å². The zero-order chi connectivity index (χ0) is 32.4. The van der Waals surface area contributed by atoms with E-state index >= 15 is 0 Å². The van der Waals surface area contributed by atoms with Gasteiger partial charge in [-0.1, -0.05) is 25.0 Å². The molecule has 6 rings (SSSR count). The number of carbonyl (C=O) groups excluding carboxylic acids is 2. The summed E-state index contributed by atoms with van der Waals surface area (Å²) in [7, 11) is 3.50. The molecule has 1 aliphatic carbocycles. The van der Waals surface area contributed by atoms with E-state index in [1.165, 1.54) is 24.3 Å². The molecule has 2 fully saturated rings. The molecule has 0 radical (unpaired) electrons. The molecule has 1 aromatic carbocycles. The maximum atomic E-state index is 13.0. The maximum absolute atomic E-state index is 13.0. The summed E-state index contributed by atoms with van der Waals surface area (Å²) in [5.41, 5.74) is 1.81. The Morgan fingerprint density at radius 1 is 0.978 bits per heavy atom. The molecule has 0 spiro atoms. The number of hydrogen-bond acceptors (Lipinski definition) is 7. The molecule has 10 nitrogen and oxygen atoms in total. The molecule has 4 heterocycles. The van der Waals surface area contributed by atoms with Gasteiger partial charge in [-0.25, -0.2) is 9.97 Å². The number of rotatable bonds is 7. The van der Waals surface area contributed by atoms with Crippen molar-refractivity contribution >= 4 is 46.4 Å². The first-order chi connectivity index (χ1) is 22.1. The molecule has 2 aliphatic rings. The first kappa shape index (κ1) is 31.1. The topological polar surface area (TPSA) is 99.5 Å². The largest absolute Gasteiger partial charge is 0.416 e. The lowest BCUT2D eigenvalue weighted by Gasteiger charge is -2.35. The van der Waals surface area contributed by atoms with Crippen LogP contribution in [0.2, 0.25) is 0 Å². The average molecular weight is 633 g/mol. The van der Waals surface area contributed by atoms with Gasteiger partial charge < -0.3 is 24.6 Å². The molecule has 0 unspecified atom stereocenters. The highest BCUT2D eigenvalue weighted by atomic mass is 19.4. The number of nitrogens with one attached hydrogen (secondary N) is 1. The third-order valence-electron chi connectivity index (χ3n) is 8.47. The Hall–Kier alpha value is -4.94. The van der Waals surface area contributed by atoms with Gasteiger partial charge in [0.05, 0.1) is 17.4 Å². The maximum Gasteiger partial charge on any atom is 0.416 e. The average Bonchev–Trinajstić information content (AvgIpc) is 3.71. The van der Waals surface area contributed by atoms with E-state index in [0.29, 0.717) is 49.2 Å². The normalized spacial score (nSPS) is 16.0. The van der Waals surface area contributed by atoms with Crippen LogP contribution in [-0.4, -0.2) is 81.4 Å². The van der Waals surface area contributed by atoms with Crippen molar-refractivity contribution in [1.82, 2.24) is 29.3 Å². The van der Waals surface area contributed by atoms with E-state index in [-0.39, 0.29) is 17.9 Å². The van der Waals surface area contributed by atoms with Crippen molar-refractivity contribution < 1.29 is 22.8 Å². The number of piperazine rings is 1. The molecule has 3 aromatic heterocycles. The number of hydrogen-bond donors (Lipinski definition) is 1. The minimum Gasteiger partial charge on any atom is -0.367 e. The minimum atomic E-state index is -4.43. The van der Waals surface area contributed by atoms with E-state index < -0.39 is 11.7 Å². The number of benzene rings is 1. The minimum absolute atomic E-state index is 0.0616. The second-order valence-corrected chi connectivity index (χ2v) is 11.8. The number of carbonyl (C=O) groups is 2. The van der Waals surface area contributed by atoms with Crippen LogP contribution in [0.25, 0.3) is 17.1 Å². The van der Waals surface area contributed by atoms with Crippen LogP contribution in [0.4, 0.5) is 30.6 Å². The Morgan fingerprint density at radius 3 is 2.41 bits per heavy atom. The van der Waals surface area contributed by atoms with Gasteiger partial charge in [-0.3, -0.25) is 9.59 Å². The van der Waals surface area contributed by atoms with E-state index in [2.05, 4.69) is 24.8 Å². The molecule has 1 saturated heterocycles. The van der Waals surface area contributed by atoms with Crippen LogP contribution >= 0.6 is 0 Å². The summed E-state index contributed by atoms with van der Waals surface area (Å²) < 4.78 is 41.0. The lowest BCUT2D eigenvalue weighted by atomic mass is 10.1. The molecule has 46 heavy (non-hydrogen) atoms. The van der Waals surface area contributed by atoms with Crippen molar-refractivity contribution in [3.05, 3.63) is 77.8 Å². The molecule has 240 valence electrons. The van der Waals surface area contributed by atoms with E-state index in [1.54, 1.807) is 36.3 Å². The SMILES string of the molecule is CN(C)C(=O)c1cc2cnc(Nc3ccc(N4CCN(C(=O)/C=C/c5cccc(C(F)(F)F)c5)CC4)cn3)nc2n1C1CCCC1. The molecule has 1 saturated carbocycles. The number of amides is 2. The zero-order valence-electron chi connectivity index (χ0n) is 25.7. The summed E-state index contributed by atoms with van der Waals surface area (Å²) >= 11 is 0. The summed E-state index contributed by atoms with van der Waals surface area (Å²) in [5.74, 6) is 0.650. The monoisotopic (exact) mass is 632 g/mol. The van der Waals surface area contributed by atoms with Gasteiger partial charge in [0, 0.05) is 64.0 Å². The number of aromatic nitrogens is 4. The summed E-state index contributed by atoms with van der Waals surface area (Å²) in [5, 5.41) is 4.00. The molecular formula is C33H35F3N8O2. The van der Waals surface area contributed by atoms with Crippen molar-refractivity contribution in [2.45, 2.75) is 37.9 Å². The first-order valence-corrected chi connectivity index (χ1v) is 15.3. The third kappa shape index (κ3) is 6.68. The van der Waals surface area contributed by atoms with Gasteiger partial charge in [-0.2, -0.15) is 18.2 Å². The van der Waals surface area contributed by atoms with Crippen LogP contribution in [0.5, 0.6) is 0 Å². The van der Waals surface area contributed by atoms with Crippen LogP contribution in [0, 0.1) is 0 Å². The molecule has 1 N–H and O–H groups in total. The van der Waals surface area contributed by atoms with Gasteiger partial charge >= 0.3 is 6.18 Å². The van der Waals surface area contributed by atoms with E-state index in [1.807, 2.05) is 18.2 Å². The van der Waals surface area contributed by atoms with E-state index in [9.17, 15) is 22.8 Å². The summed E-state index contributed by atoms with van der Waals surface area (Å²) in [6, 6.07) is 10.8.